The summed E-state index contributed by atoms with van der Waals surface area (Å²) in [5.74, 6) is 0.670. The molecule has 3 rings (SSSR count). The number of hydrogen-bond acceptors (Lipinski definition) is 4. The van der Waals surface area contributed by atoms with E-state index in [9.17, 15) is 0 Å². The van der Waals surface area contributed by atoms with Crippen molar-refractivity contribution in [3.8, 4) is 0 Å². The van der Waals surface area contributed by atoms with Gasteiger partial charge in [-0.25, -0.2) is 0 Å². The number of hydrogen-bond donors (Lipinski definition) is 0. The highest BCUT2D eigenvalue weighted by Gasteiger charge is 2.22. The van der Waals surface area contributed by atoms with Crippen LogP contribution in [-0.2, 0) is 13.0 Å². The third kappa shape index (κ3) is 2.35. The van der Waals surface area contributed by atoms with Crippen LogP contribution in [0.25, 0.3) is 0 Å². The van der Waals surface area contributed by atoms with Crippen LogP contribution in [0.4, 0.5) is 5.69 Å². The maximum Gasteiger partial charge on any atom is 0.207 e. The summed E-state index contributed by atoms with van der Waals surface area (Å²) in [6, 6.07) is 8.60. The number of fused-ring (bicyclic) bond motifs is 1. The van der Waals surface area contributed by atoms with E-state index in [4.69, 9.17) is 11.6 Å². The first kappa shape index (κ1) is 11.9. The first-order chi connectivity index (χ1) is 8.72. The lowest BCUT2D eigenvalue weighted by atomic mass is 9.94. The van der Waals surface area contributed by atoms with Crippen LogP contribution in [0.3, 0.4) is 0 Å². The molecule has 5 heteroatoms. The molecule has 2 heterocycles. The number of anilines is 1. The van der Waals surface area contributed by atoms with Crippen LogP contribution in [-0.4, -0.2) is 16.7 Å². The molecule has 1 atom stereocenters. The zero-order chi connectivity index (χ0) is 12.5. The molecule has 1 aliphatic heterocycles. The molecule has 1 unspecified atom stereocenters. The molecule has 1 aromatic carbocycles. The summed E-state index contributed by atoms with van der Waals surface area (Å²) in [6.07, 6.45) is 1.16. The molecular formula is C13H14ClN3S. The first-order valence-electron chi connectivity index (χ1n) is 6.03. The average Bonchev–Trinajstić information content (AvgIpc) is 2.74. The third-order valence-corrected chi connectivity index (χ3v) is 4.20. The summed E-state index contributed by atoms with van der Waals surface area (Å²) in [4.78, 5) is 2.38. The molecule has 94 valence electrons. The van der Waals surface area contributed by atoms with E-state index in [1.54, 1.807) is 0 Å². The second kappa shape index (κ2) is 4.86. The van der Waals surface area contributed by atoms with Crippen molar-refractivity contribution in [2.45, 2.75) is 19.9 Å². The highest BCUT2D eigenvalue weighted by molar-refractivity contribution is 7.15. The summed E-state index contributed by atoms with van der Waals surface area (Å²) in [5.41, 5.74) is 2.74. The van der Waals surface area contributed by atoms with Gasteiger partial charge >= 0.3 is 0 Å². The van der Waals surface area contributed by atoms with Crippen molar-refractivity contribution in [2.75, 3.05) is 11.4 Å². The van der Waals surface area contributed by atoms with E-state index >= 15 is 0 Å². The SMILES string of the molecule is CC1Cc2ccccc2N(Cc2nnc(Cl)s2)C1. The Morgan fingerprint density at radius 1 is 1.39 bits per heavy atom. The van der Waals surface area contributed by atoms with Gasteiger partial charge in [0.05, 0.1) is 6.54 Å². The van der Waals surface area contributed by atoms with Crippen LogP contribution < -0.4 is 4.90 Å². The van der Waals surface area contributed by atoms with Gasteiger partial charge in [-0.3, -0.25) is 0 Å². The molecule has 0 aliphatic carbocycles. The number of para-hydroxylation sites is 1. The van der Waals surface area contributed by atoms with Crippen molar-refractivity contribution in [3.63, 3.8) is 0 Å². The predicted octanol–water partition coefficient (Wildman–Crippen LogP) is 3.39. The Bertz CT molecular complexity index is 555. The quantitative estimate of drug-likeness (QED) is 0.844. The fourth-order valence-corrected chi connectivity index (χ4v) is 3.40. The van der Waals surface area contributed by atoms with E-state index in [1.807, 2.05) is 0 Å². The fraction of sp³-hybridized carbons (Fsp3) is 0.385. The molecule has 1 aromatic heterocycles. The normalized spacial score (nSPS) is 18.8. The van der Waals surface area contributed by atoms with Gasteiger partial charge in [-0.2, -0.15) is 0 Å². The van der Waals surface area contributed by atoms with Crippen molar-refractivity contribution in [1.29, 1.82) is 0 Å². The minimum absolute atomic E-state index is 0.517. The molecule has 0 spiro atoms. The van der Waals surface area contributed by atoms with E-state index < -0.39 is 0 Å². The zero-order valence-electron chi connectivity index (χ0n) is 10.1. The van der Waals surface area contributed by atoms with Crippen LogP contribution in [0.1, 0.15) is 17.5 Å². The molecule has 0 N–H and O–H groups in total. The lowest BCUT2D eigenvalue weighted by Gasteiger charge is -2.34. The van der Waals surface area contributed by atoms with Crippen LogP contribution >= 0.6 is 22.9 Å². The number of rotatable bonds is 2. The minimum atomic E-state index is 0.517. The molecule has 0 amide bonds. The van der Waals surface area contributed by atoms with E-state index in [1.165, 1.54) is 22.6 Å². The summed E-state index contributed by atoms with van der Waals surface area (Å²) in [6.45, 7) is 4.15. The highest BCUT2D eigenvalue weighted by Crippen LogP contribution is 2.31. The molecule has 0 fully saturated rings. The smallest absolute Gasteiger partial charge is 0.207 e. The van der Waals surface area contributed by atoms with Crippen molar-refractivity contribution in [1.82, 2.24) is 10.2 Å². The van der Waals surface area contributed by atoms with E-state index in [-0.39, 0.29) is 0 Å². The zero-order valence-corrected chi connectivity index (χ0v) is 11.7. The molecule has 18 heavy (non-hydrogen) atoms. The average molecular weight is 280 g/mol. The monoisotopic (exact) mass is 279 g/mol. The lowest BCUT2D eigenvalue weighted by Crippen LogP contribution is -2.33. The standard InChI is InChI=1S/C13H14ClN3S/c1-9-6-10-4-2-3-5-11(10)17(7-9)8-12-15-16-13(14)18-12/h2-5,9H,6-8H2,1H3. The Balaban J connectivity index is 1.88. The molecule has 0 bridgehead atoms. The van der Waals surface area contributed by atoms with Crippen molar-refractivity contribution in [2.24, 2.45) is 5.92 Å². The summed E-state index contributed by atoms with van der Waals surface area (Å²) >= 11 is 7.29. The molecule has 3 nitrogen and oxygen atoms in total. The molecule has 1 aliphatic rings. The molecule has 0 radical (unpaired) electrons. The van der Waals surface area contributed by atoms with Crippen LogP contribution in [0.2, 0.25) is 4.47 Å². The second-order valence-electron chi connectivity index (χ2n) is 4.77. The number of nitrogens with zero attached hydrogens (tertiary/aromatic N) is 3. The maximum absolute atomic E-state index is 5.83. The van der Waals surface area contributed by atoms with Gasteiger partial charge in [0.1, 0.15) is 5.01 Å². The van der Waals surface area contributed by atoms with Gasteiger partial charge in [0, 0.05) is 12.2 Å². The van der Waals surface area contributed by atoms with E-state index in [0.717, 1.165) is 24.5 Å². The Kier molecular flexibility index (Phi) is 3.22. The summed E-state index contributed by atoms with van der Waals surface area (Å²) < 4.78 is 0.517. The van der Waals surface area contributed by atoms with Gasteiger partial charge in [0.25, 0.3) is 0 Å². The third-order valence-electron chi connectivity index (χ3n) is 3.20. The van der Waals surface area contributed by atoms with Crippen molar-refractivity contribution >= 4 is 28.6 Å². The van der Waals surface area contributed by atoms with E-state index in [0.29, 0.717) is 10.4 Å². The number of halogens is 1. The Hall–Kier alpha value is -1.13. The first-order valence-corrected chi connectivity index (χ1v) is 7.22. The van der Waals surface area contributed by atoms with Gasteiger partial charge in [-0.15, -0.1) is 10.2 Å². The largest absolute Gasteiger partial charge is 0.364 e. The van der Waals surface area contributed by atoms with Gasteiger partial charge < -0.3 is 4.90 Å². The maximum atomic E-state index is 5.83. The summed E-state index contributed by atoms with van der Waals surface area (Å²) in [5, 5.41) is 8.94. The molecule has 0 saturated heterocycles. The second-order valence-corrected chi connectivity index (χ2v) is 6.41. The van der Waals surface area contributed by atoms with Gasteiger partial charge in [-0.1, -0.05) is 36.5 Å². The van der Waals surface area contributed by atoms with Gasteiger partial charge in [0.2, 0.25) is 4.47 Å². The van der Waals surface area contributed by atoms with Gasteiger partial charge in [0.15, 0.2) is 0 Å². The Labute approximate surface area is 115 Å². The molecule has 2 aromatic rings. The summed E-state index contributed by atoms with van der Waals surface area (Å²) in [7, 11) is 0. The highest BCUT2D eigenvalue weighted by atomic mass is 35.5. The predicted molar refractivity (Wildman–Crippen MR) is 75.3 cm³/mol. The van der Waals surface area contributed by atoms with Crippen molar-refractivity contribution < 1.29 is 0 Å². The lowest BCUT2D eigenvalue weighted by molar-refractivity contribution is 0.529. The van der Waals surface area contributed by atoms with Crippen LogP contribution in [0.15, 0.2) is 24.3 Å². The van der Waals surface area contributed by atoms with E-state index in [2.05, 4.69) is 46.3 Å². The van der Waals surface area contributed by atoms with Crippen LogP contribution in [0.5, 0.6) is 0 Å². The minimum Gasteiger partial charge on any atom is -0.364 e. The topological polar surface area (TPSA) is 29.0 Å². The van der Waals surface area contributed by atoms with Gasteiger partial charge in [-0.05, 0) is 35.6 Å². The van der Waals surface area contributed by atoms with Crippen molar-refractivity contribution in [3.05, 3.63) is 39.3 Å². The molecular weight excluding hydrogens is 266 g/mol. The Morgan fingerprint density at radius 3 is 3.00 bits per heavy atom. The molecule has 0 saturated carbocycles. The number of aromatic nitrogens is 2. The Morgan fingerprint density at radius 2 is 2.22 bits per heavy atom. The number of benzene rings is 1. The van der Waals surface area contributed by atoms with Crippen LogP contribution in [0, 0.1) is 5.92 Å². The fourth-order valence-electron chi connectivity index (χ4n) is 2.52.